The van der Waals surface area contributed by atoms with Crippen LogP contribution in [-0.2, 0) is 18.9 Å². The van der Waals surface area contributed by atoms with E-state index in [9.17, 15) is 56.2 Å². The predicted molar refractivity (Wildman–Crippen MR) is 99.9 cm³/mol. The zero-order valence-corrected chi connectivity index (χ0v) is 17.5. The van der Waals surface area contributed by atoms with Crippen LogP contribution in [0.2, 0.25) is 0 Å². The van der Waals surface area contributed by atoms with Crippen molar-refractivity contribution in [3.63, 3.8) is 0 Å². The molecule has 0 spiro atoms. The minimum Gasteiger partial charge on any atom is -0.394 e. The topological polar surface area (TPSA) is 259 Å². The first-order valence-corrected chi connectivity index (χ1v) is 10.4. The summed E-state index contributed by atoms with van der Waals surface area (Å²) in [6.07, 6.45) is -24.9. The van der Waals surface area contributed by atoms with Gasteiger partial charge in [0, 0.05) is 0 Å². The molecule has 15 heteroatoms. The maximum absolute atomic E-state index is 11.2. The van der Waals surface area contributed by atoms with Gasteiger partial charge in [0.2, 0.25) is 0 Å². The molecule has 0 aromatic rings. The summed E-state index contributed by atoms with van der Waals surface area (Å²) in [7, 11) is 0. The van der Waals surface area contributed by atoms with Crippen LogP contribution < -0.4 is 0 Å². The van der Waals surface area contributed by atoms with E-state index in [0.717, 1.165) is 0 Å². The second-order valence-corrected chi connectivity index (χ2v) is 8.57. The molecule has 33 heavy (non-hydrogen) atoms. The average molecular weight is 488 g/mol. The van der Waals surface area contributed by atoms with E-state index in [4.69, 9.17) is 18.9 Å². The molecule has 194 valence electrons. The maximum Gasteiger partial charge on any atom is 0.189 e. The van der Waals surface area contributed by atoms with E-state index < -0.39 is 105 Å². The molecule has 0 aromatic carbocycles. The molecule has 0 saturated carbocycles. The highest BCUT2D eigenvalue weighted by Crippen LogP contribution is 2.40. The van der Waals surface area contributed by atoms with Crippen LogP contribution in [0.5, 0.6) is 0 Å². The summed E-state index contributed by atoms with van der Waals surface area (Å²) in [4.78, 5) is 0. The van der Waals surface area contributed by atoms with Crippen LogP contribution in [0.15, 0.2) is 0 Å². The Morgan fingerprint density at radius 3 is 1.85 bits per heavy atom. The third kappa shape index (κ3) is 4.53. The molecule has 0 bridgehead atoms. The van der Waals surface area contributed by atoms with Crippen molar-refractivity contribution in [2.45, 2.75) is 98.4 Å². The monoisotopic (exact) mass is 488 g/mol. The van der Waals surface area contributed by atoms with Crippen LogP contribution in [0.1, 0.15) is 6.92 Å². The Kier molecular flexibility index (Phi) is 8.32. The molecule has 0 radical (unpaired) electrons. The molecule has 15 nitrogen and oxygen atoms in total. The highest BCUT2D eigenvalue weighted by Gasteiger charge is 2.64. The Labute approximate surface area is 187 Å². The van der Waals surface area contributed by atoms with Gasteiger partial charge >= 0.3 is 0 Å². The smallest absolute Gasteiger partial charge is 0.189 e. The summed E-state index contributed by atoms with van der Waals surface area (Å²) in [6, 6.07) is 0. The van der Waals surface area contributed by atoms with Gasteiger partial charge in [-0.25, -0.2) is 0 Å². The number of hydrogen-bond acceptors (Lipinski definition) is 15. The number of aliphatic hydroxyl groups excluding tert-OH is 10. The molecule has 11 N–H and O–H groups in total. The molecule has 3 rings (SSSR count). The Hall–Kier alpha value is -0.600. The van der Waals surface area contributed by atoms with Crippen LogP contribution in [-0.4, -0.2) is 161 Å². The SMILES string of the molecule is C[C@@H]1OC([C@]2(O)C(O)O[C@H](CO)[C@@H](O[C@@H]3O[C@H](CO)[C@H](O)[C@H](O)[C@H]3O)[C@@H]2O)[C@@H](O)[C@H](O)[C@@H]1O. The van der Waals surface area contributed by atoms with E-state index in [1.165, 1.54) is 6.92 Å². The minimum absolute atomic E-state index is 0.777. The van der Waals surface area contributed by atoms with Crippen molar-refractivity contribution in [3.8, 4) is 0 Å². The third-order valence-corrected chi connectivity index (χ3v) is 6.48. The second kappa shape index (κ2) is 10.2. The number of hydrogen-bond donors (Lipinski definition) is 11. The van der Waals surface area contributed by atoms with Crippen LogP contribution in [0.3, 0.4) is 0 Å². The fourth-order valence-corrected chi connectivity index (χ4v) is 4.35. The molecule has 3 aliphatic rings. The van der Waals surface area contributed by atoms with Gasteiger partial charge in [-0.15, -0.1) is 0 Å². The van der Waals surface area contributed by atoms with E-state index in [2.05, 4.69) is 0 Å². The molecule has 3 fully saturated rings. The van der Waals surface area contributed by atoms with Gasteiger partial charge in [0.05, 0.1) is 19.3 Å². The van der Waals surface area contributed by atoms with Gasteiger partial charge in [0.1, 0.15) is 67.1 Å². The molecule has 3 saturated heterocycles. The van der Waals surface area contributed by atoms with Gasteiger partial charge in [-0.3, -0.25) is 0 Å². The Morgan fingerprint density at radius 1 is 0.697 bits per heavy atom. The van der Waals surface area contributed by atoms with Crippen molar-refractivity contribution in [2.75, 3.05) is 13.2 Å². The molecule has 3 heterocycles. The normalized spacial score (nSPS) is 56.0. The maximum atomic E-state index is 11.2. The lowest BCUT2D eigenvalue weighted by atomic mass is 9.77. The first-order chi connectivity index (χ1) is 15.4. The lowest BCUT2D eigenvalue weighted by Gasteiger charge is -2.54. The molecule has 0 aliphatic carbocycles. The largest absolute Gasteiger partial charge is 0.394 e. The average Bonchev–Trinajstić information content (AvgIpc) is 2.80. The van der Waals surface area contributed by atoms with E-state index in [1.54, 1.807) is 0 Å². The van der Waals surface area contributed by atoms with Crippen LogP contribution >= 0.6 is 0 Å². The highest BCUT2D eigenvalue weighted by atomic mass is 16.7. The molecular formula is C18H32O15. The van der Waals surface area contributed by atoms with Crippen LogP contribution in [0.25, 0.3) is 0 Å². The molecule has 15 atom stereocenters. The lowest BCUT2D eigenvalue weighted by Crippen LogP contribution is -2.77. The summed E-state index contributed by atoms with van der Waals surface area (Å²) < 4.78 is 21.1. The molecule has 0 aromatic heterocycles. The van der Waals surface area contributed by atoms with Crippen LogP contribution in [0, 0.1) is 0 Å². The zero-order chi connectivity index (χ0) is 24.8. The fraction of sp³-hybridized carbons (Fsp3) is 1.00. The van der Waals surface area contributed by atoms with Crippen molar-refractivity contribution in [2.24, 2.45) is 0 Å². The zero-order valence-electron chi connectivity index (χ0n) is 17.5. The standard InChI is InChI=1S/C18H32O15/c1-4-7(21)9(23)11(25)15(30-4)18(29)14(27)13(6(3-20)32-17(18)28)33-16-12(26)10(24)8(22)5(2-19)31-16/h4-17,19-29H,2-3H2,1H3/t4-,5+,6+,7+,8-,9+,10-,11-,12+,13+,14-,15?,16-,17?,18-/m0/s1. The van der Waals surface area contributed by atoms with Gasteiger partial charge in [-0.2, -0.15) is 0 Å². The van der Waals surface area contributed by atoms with Crippen molar-refractivity contribution in [3.05, 3.63) is 0 Å². The Balaban J connectivity index is 1.89. The van der Waals surface area contributed by atoms with Crippen molar-refractivity contribution < 1.29 is 75.1 Å². The predicted octanol–water partition coefficient (Wildman–Crippen LogP) is -7.16. The van der Waals surface area contributed by atoms with Crippen LogP contribution in [0.4, 0.5) is 0 Å². The molecule has 0 amide bonds. The van der Waals surface area contributed by atoms with E-state index in [0.29, 0.717) is 0 Å². The fourth-order valence-electron chi connectivity index (χ4n) is 4.35. The minimum atomic E-state index is -2.89. The van der Waals surface area contributed by atoms with E-state index in [-0.39, 0.29) is 0 Å². The first-order valence-electron chi connectivity index (χ1n) is 10.4. The quantitative estimate of drug-likeness (QED) is 0.172. The lowest BCUT2D eigenvalue weighted by molar-refractivity contribution is -0.399. The molecule has 2 unspecified atom stereocenters. The number of rotatable bonds is 5. The van der Waals surface area contributed by atoms with Crippen molar-refractivity contribution in [1.82, 2.24) is 0 Å². The van der Waals surface area contributed by atoms with E-state index in [1.807, 2.05) is 0 Å². The van der Waals surface area contributed by atoms with Crippen molar-refractivity contribution >= 4 is 0 Å². The second-order valence-electron chi connectivity index (χ2n) is 8.57. The highest BCUT2D eigenvalue weighted by molar-refractivity contribution is 5.10. The van der Waals surface area contributed by atoms with Gasteiger partial charge < -0.3 is 75.1 Å². The van der Waals surface area contributed by atoms with Crippen molar-refractivity contribution in [1.29, 1.82) is 0 Å². The number of ether oxygens (including phenoxy) is 4. The van der Waals surface area contributed by atoms with E-state index >= 15 is 0 Å². The van der Waals surface area contributed by atoms with Gasteiger partial charge in [-0.05, 0) is 6.92 Å². The third-order valence-electron chi connectivity index (χ3n) is 6.48. The summed E-state index contributed by atoms with van der Waals surface area (Å²) in [5.74, 6) is 0. The van der Waals surface area contributed by atoms with Gasteiger partial charge in [0.15, 0.2) is 18.2 Å². The first kappa shape index (κ1) is 27.0. The van der Waals surface area contributed by atoms with Gasteiger partial charge in [-0.1, -0.05) is 0 Å². The Bertz CT molecular complexity index is 652. The summed E-state index contributed by atoms with van der Waals surface area (Å²) in [5.41, 5.74) is -2.89. The summed E-state index contributed by atoms with van der Waals surface area (Å²) >= 11 is 0. The molecule has 3 aliphatic heterocycles. The Morgan fingerprint density at radius 2 is 1.27 bits per heavy atom. The van der Waals surface area contributed by atoms with Gasteiger partial charge in [0.25, 0.3) is 0 Å². The number of aliphatic hydroxyl groups is 11. The summed E-state index contributed by atoms with van der Waals surface area (Å²) in [6.45, 7) is -0.351. The molecular weight excluding hydrogens is 456 g/mol. The summed E-state index contributed by atoms with van der Waals surface area (Å²) in [5, 5.41) is 112.